The van der Waals surface area contributed by atoms with Crippen molar-refractivity contribution >= 4 is 5.78 Å². The number of benzene rings is 1. The molecule has 0 spiro atoms. The summed E-state index contributed by atoms with van der Waals surface area (Å²) in [5.41, 5.74) is 1.09. The summed E-state index contributed by atoms with van der Waals surface area (Å²) in [5, 5.41) is 8.75. The Hall–Kier alpha value is -1.57. The maximum Gasteiger partial charge on any atom is 0.196 e. The molecule has 0 fully saturated rings. The monoisotopic (exact) mass is 176 g/mol. The van der Waals surface area contributed by atoms with Crippen molar-refractivity contribution in [3.63, 3.8) is 0 Å². The van der Waals surface area contributed by atoms with Crippen LogP contribution in [0.2, 0.25) is 0 Å². The molecule has 0 aliphatic heterocycles. The second kappa shape index (κ2) is 4.45. The van der Waals surface area contributed by atoms with Gasteiger partial charge in [-0.05, 0) is 12.0 Å². The predicted octanol–water partition coefficient (Wildman–Crippen LogP) is 2.26. The van der Waals surface area contributed by atoms with Crippen LogP contribution in [-0.2, 0) is 11.2 Å². The quantitative estimate of drug-likeness (QED) is 0.564. The van der Waals surface area contributed by atoms with Crippen LogP contribution in [-0.4, -0.2) is 10.9 Å². The Bertz CT molecular complexity index is 301. The summed E-state index contributed by atoms with van der Waals surface area (Å²) < 4.78 is 0. The summed E-state index contributed by atoms with van der Waals surface area (Å²) in [5.74, 6) is -0.639. The van der Waals surface area contributed by atoms with E-state index in [1.54, 1.807) is 0 Å². The number of carbonyl (C=O) groups is 1. The Labute approximate surface area is 77.5 Å². The summed E-state index contributed by atoms with van der Waals surface area (Å²) in [4.78, 5) is 11.0. The molecule has 0 aliphatic carbocycles. The van der Waals surface area contributed by atoms with Crippen LogP contribution < -0.4 is 0 Å². The second-order valence-electron chi connectivity index (χ2n) is 2.86. The smallest absolute Gasteiger partial charge is 0.196 e. The van der Waals surface area contributed by atoms with Gasteiger partial charge in [0.05, 0.1) is 0 Å². The number of rotatable bonds is 4. The molecule has 1 rings (SSSR count). The minimum atomic E-state index is -0.351. The number of hydrogen-bond donors (Lipinski definition) is 1. The molecular weight excluding hydrogens is 164 g/mol. The molecule has 0 heterocycles. The summed E-state index contributed by atoms with van der Waals surface area (Å²) >= 11 is 0. The lowest BCUT2D eigenvalue weighted by atomic mass is 10.1. The highest BCUT2D eigenvalue weighted by Gasteiger charge is 2.04. The van der Waals surface area contributed by atoms with Crippen LogP contribution in [0.5, 0.6) is 0 Å². The van der Waals surface area contributed by atoms with E-state index in [9.17, 15) is 4.79 Å². The zero-order valence-corrected chi connectivity index (χ0v) is 7.36. The Kier molecular flexibility index (Phi) is 3.26. The maximum atomic E-state index is 11.0. The summed E-state index contributed by atoms with van der Waals surface area (Å²) in [6, 6.07) is 9.68. The highest BCUT2D eigenvalue weighted by Crippen LogP contribution is 2.04. The van der Waals surface area contributed by atoms with Gasteiger partial charge in [-0.25, -0.2) is 0 Å². The van der Waals surface area contributed by atoms with Crippen molar-refractivity contribution in [1.82, 2.24) is 0 Å². The number of hydrogen-bond acceptors (Lipinski definition) is 2. The lowest BCUT2D eigenvalue weighted by Crippen LogP contribution is -2.02. The Morgan fingerprint density at radius 3 is 2.46 bits per heavy atom. The van der Waals surface area contributed by atoms with Crippen LogP contribution in [0.1, 0.15) is 12.0 Å². The zero-order chi connectivity index (χ0) is 9.68. The van der Waals surface area contributed by atoms with Gasteiger partial charge in [0.2, 0.25) is 0 Å². The van der Waals surface area contributed by atoms with Gasteiger partial charge in [-0.15, -0.1) is 0 Å². The highest BCUT2D eigenvalue weighted by atomic mass is 16.3. The molecule has 0 amide bonds. The number of ketones is 1. The van der Waals surface area contributed by atoms with E-state index in [0.29, 0.717) is 12.8 Å². The van der Waals surface area contributed by atoms with E-state index in [0.717, 1.165) is 5.56 Å². The number of aryl methyl sites for hydroxylation is 1. The summed E-state index contributed by atoms with van der Waals surface area (Å²) in [6.45, 7) is 3.17. The molecular formula is C11H12O2. The second-order valence-corrected chi connectivity index (χ2v) is 2.86. The molecule has 13 heavy (non-hydrogen) atoms. The summed E-state index contributed by atoms with van der Waals surface area (Å²) in [7, 11) is 0. The van der Waals surface area contributed by atoms with Gasteiger partial charge >= 0.3 is 0 Å². The largest absolute Gasteiger partial charge is 0.505 e. The molecule has 1 aromatic carbocycles. The predicted molar refractivity (Wildman–Crippen MR) is 51.5 cm³/mol. The van der Waals surface area contributed by atoms with Gasteiger partial charge in [-0.1, -0.05) is 36.9 Å². The average Bonchev–Trinajstić information content (AvgIpc) is 2.15. The van der Waals surface area contributed by atoms with Crippen molar-refractivity contribution in [2.45, 2.75) is 12.8 Å². The van der Waals surface area contributed by atoms with Crippen molar-refractivity contribution in [2.75, 3.05) is 0 Å². The summed E-state index contributed by atoms with van der Waals surface area (Å²) in [6.07, 6.45) is 0.971. The zero-order valence-electron chi connectivity index (χ0n) is 7.36. The fourth-order valence-corrected chi connectivity index (χ4v) is 1.05. The first-order valence-electron chi connectivity index (χ1n) is 4.15. The first kappa shape index (κ1) is 9.52. The number of aliphatic hydroxyl groups is 1. The Morgan fingerprint density at radius 1 is 1.31 bits per heavy atom. The molecule has 0 bridgehead atoms. The van der Waals surface area contributed by atoms with Crippen LogP contribution in [0.15, 0.2) is 42.7 Å². The number of carbonyl (C=O) groups excluding carboxylic acids is 1. The molecule has 1 N–H and O–H groups in total. The van der Waals surface area contributed by atoms with Crippen LogP contribution >= 0.6 is 0 Å². The third-order valence-corrected chi connectivity index (χ3v) is 1.81. The molecule has 1 aromatic rings. The molecule has 0 saturated carbocycles. The standard InChI is InChI=1S/C11H12O2/c1-9(12)11(13)8-7-10-5-3-2-4-6-10/h2-6,12H,1,7-8H2. The first-order valence-corrected chi connectivity index (χ1v) is 4.15. The van der Waals surface area contributed by atoms with E-state index < -0.39 is 0 Å². The molecule has 68 valence electrons. The van der Waals surface area contributed by atoms with E-state index in [1.165, 1.54) is 0 Å². The molecule has 0 aliphatic rings. The van der Waals surface area contributed by atoms with Crippen molar-refractivity contribution in [1.29, 1.82) is 0 Å². The van der Waals surface area contributed by atoms with Crippen molar-refractivity contribution < 1.29 is 9.90 Å². The SMILES string of the molecule is C=C(O)C(=O)CCc1ccccc1. The van der Waals surface area contributed by atoms with Crippen molar-refractivity contribution in [3.05, 3.63) is 48.2 Å². The molecule has 0 atom stereocenters. The van der Waals surface area contributed by atoms with Gasteiger partial charge in [-0.3, -0.25) is 4.79 Å². The highest BCUT2D eigenvalue weighted by molar-refractivity contribution is 5.92. The van der Waals surface area contributed by atoms with Crippen LogP contribution in [0.25, 0.3) is 0 Å². The normalized spacial score (nSPS) is 9.54. The van der Waals surface area contributed by atoms with Gasteiger partial charge in [0.15, 0.2) is 11.5 Å². The molecule has 0 saturated heterocycles. The average molecular weight is 176 g/mol. The lowest BCUT2D eigenvalue weighted by molar-refractivity contribution is -0.117. The van der Waals surface area contributed by atoms with Gasteiger partial charge in [-0.2, -0.15) is 0 Å². The van der Waals surface area contributed by atoms with Gasteiger partial charge < -0.3 is 5.11 Å². The fraction of sp³-hybridized carbons (Fsp3) is 0.182. The minimum absolute atomic E-state index is 0.288. The van der Waals surface area contributed by atoms with Crippen LogP contribution in [0.3, 0.4) is 0 Å². The Morgan fingerprint density at radius 2 is 1.92 bits per heavy atom. The first-order chi connectivity index (χ1) is 6.20. The van der Waals surface area contributed by atoms with Gasteiger partial charge in [0.1, 0.15) is 0 Å². The third kappa shape index (κ3) is 3.11. The van der Waals surface area contributed by atoms with E-state index >= 15 is 0 Å². The maximum absolute atomic E-state index is 11.0. The molecule has 0 radical (unpaired) electrons. The van der Waals surface area contributed by atoms with E-state index in [2.05, 4.69) is 6.58 Å². The molecule has 0 aromatic heterocycles. The number of Topliss-reactive ketones (excluding diaryl/α,β-unsaturated/α-hetero) is 1. The number of aliphatic hydroxyl groups excluding tert-OH is 1. The van der Waals surface area contributed by atoms with E-state index in [4.69, 9.17) is 5.11 Å². The van der Waals surface area contributed by atoms with Crippen molar-refractivity contribution in [3.8, 4) is 0 Å². The van der Waals surface area contributed by atoms with Crippen molar-refractivity contribution in [2.24, 2.45) is 0 Å². The fourth-order valence-electron chi connectivity index (χ4n) is 1.05. The number of allylic oxidation sites excluding steroid dienone is 1. The molecule has 2 heteroatoms. The van der Waals surface area contributed by atoms with Gasteiger partial charge in [0.25, 0.3) is 0 Å². The lowest BCUT2D eigenvalue weighted by Gasteiger charge is -1.99. The molecule has 2 nitrogen and oxygen atoms in total. The minimum Gasteiger partial charge on any atom is -0.505 e. The Balaban J connectivity index is 2.44. The molecule has 0 unspecified atom stereocenters. The van der Waals surface area contributed by atoms with Crippen LogP contribution in [0.4, 0.5) is 0 Å². The third-order valence-electron chi connectivity index (χ3n) is 1.81. The van der Waals surface area contributed by atoms with Crippen LogP contribution in [0, 0.1) is 0 Å². The van der Waals surface area contributed by atoms with E-state index in [-0.39, 0.29) is 11.5 Å². The topological polar surface area (TPSA) is 37.3 Å². The van der Waals surface area contributed by atoms with Gasteiger partial charge in [0, 0.05) is 6.42 Å². The van der Waals surface area contributed by atoms with E-state index in [1.807, 2.05) is 30.3 Å².